The van der Waals surface area contributed by atoms with Crippen molar-refractivity contribution < 1.29 is 9.59 Å². The van der Waals surface area contributed by atoms with Gasteiger partial charge in [0.05, 0.1) is 6.54 Å². The molecule has 0 unspecified atom stereocenters. The molecule has 2 rings (SSSR count). The van der Waals surface area contributed by atoms with Crippen molar-refractivity contribution >= 4 is 11.9 Å². The highest BCUT2D eigenvalue weighted by Crippen LogP contribution is 2.17. The molecule has 3 N–H and O–H groups in total. The van der Waals surface area contributed by atoms with Crippen LogP contribution in [0.5, 0.6) is 0 Å². The van der Waals surface area contributed by atoms with Crippen LogP contribution in [0.25, 0.3) is 0 Å². The Kier molecular flexibility index (Phi) is 5.75. The van der Waals surface area contributed by atoms with Crippen molar-refractivity contribution in [2.24, 2.45) is 0 Å². The summed E-state index contributed by atoms with van der Waals surface area (Å²) >= 11 is 0. The van der Waals surface area contributed by atoms with Gasteiger partial charge >= 0.3 is 6.03 Å². The molecule has 0 spiro atoms. The van der Waals surface area contributed by atoms with E-state index in [1.807, 2.05) is 37.3 Å². The Hall–Kier alpha value is -1.88. The molecule has 0 saturated heterocycles. The zero-order valence-electron chi connectivity index (χ0n) is 12.4. The summed E-state index contributed by atoms with van der Waals surface area (Å²) in [7, 11) is 0. The van der Waals surface area contributed by atoms with Crippen LogP contribution < -0.4 is 16.0 Å². The monoisotopic (exact) mass is 289 g/mol. The molecule has 0 heterocycles. The minimum absolute atomic E-state index is 0.0647. The summed E-state index contributed by atoms with van der Waals surface area (Å²) in [6.45, 7) is 2.11. The normalized spacial score (nSPS) is 16.4. The number of imide groups is 1. The van der Waals surface area contributed by atoms with Crippen molar-refractivity contribution in [3.05, 3.63) is 35.9 Å². The third-order valence-corrected chi connectivity index (χ3v) is 3.81. The quantitative estimate of drug-likeness (QED) is 0.777. The van der Waals surface area contributed by atoms with Gasteiger partial charge in [-0.25, -0.2) is 4.79 Å². The Morgan fingerprint density at radius 3 is 2.52 bits per heavy atom. The second-order valence-electron chi connectivity index (χ2n) is 5.52. The van der Waals surface area contributed by atoms with Crippen molar-refractivity contribution in [3.8, 4) is 0 Å². The molecule has 5 nitrogen and oxygen atoms in total. The van der Waals surface area contributed by atoms with Crippen LogP contribution in [0.1, 0.15) is 44.2 Å². The zero-order chi connectivity index (χ0) is 15.1. The Labute approximate surface area is 125 Å². The highest BCUT2D eigenvalue weighted by atomic mass is 16.2. The van der Waals surface area contributed by atoms with E-state index in [2.05, 4.69) is 16.0 Å². The Balaban J connectivity index is 1.68. The van der Waals surface area contributed by atoms with Gasteiger partial charge in [0.2, 0.25) is 5.91 Å². The highest BCUT2D eigenvalue weighted by molar-refractivity contribution is 5.95. The van der Waals surface area contributed by atoms with Gasteiger partial charge in [0, 0.05) is 12.1 Å². The maximum absolute atomic E-state index is 11.7. The van der Waals surface area contributed by atoms with E-state index in [0.29, 0.717) is 0 Å². The molecule has 1 aromatic rings. The van der Waals surface area contributed by atoms with Crippen molar-refractivity contribution in [2.75, 3.05) is 6.54 Å². The number of hydrogen-bond donors (Lipinski definition) is 3. The molecule has 1 fully saturated rings. The number of urea groups is 1. The third kappa shape index (κ3) is 5.19. The standard InChI is InChI=1S/C16H23N3O2/c1-12(13-7-3-2-4-8-13)17-11-15(20)19-16(21)18-14-9-5-6-10-14/h2-4,7-8,12,14,17H,5-6,9-11H2,1H3,(H2,18,19,20,21)/t12-/m1/s1. The minimum Gasteiger partial charge on any atom is -0.335 e. The first-order valence-electron chi connectivity index (χ1n) is 7.54. The van der Waals surface area contributed by atoms with Crippen LogP contribution in [0.3, 0.4) is 0 Å². The second-order valence-corrected chi connectivity index (χ2v) is 5.52. The maximum atomic E-state index is 11.7. The molecule has 1 saturated carbocycles. The molecular weight excluding hydrogens is 266 g/mol. The van der Waals surface area contributed by atoms with Crippen molar-refractivity contribution in [1.29, 1.82) is 0 Å². The van der Waals surface area contributed by atoms with Gasteiger partial charge in [0.15, 0.2) is 0 Å². The molecule has 0 aromatic heterocycles. The number of amides is 3. The zero-order valence-corrected chi connectivity index (χ0v) is 12.4. The van der Waals surface area contributed by atoms with Crippen LogP contribution in [0, 0.1) is 0 Å². The minimum atomic E-state index is -0.388. The second kappa shape index (κ2) is 7.78. The van der Waals surface area contributed by atoms with E-state index in [9.17, 15) is 9.59 Å². The van der Waals surface area contributed by atoms with E-state index >= 15 is 0 Å². The summed E-state index contributed by atoms with van der Waals surface area (Å²) in [5, 5.41) is 8.30. The summed E-state index contributed by atoms with van der Waals surface area (Å²) in [6, 6.07) is 9.77. The Morgan fingerprint density at radius 1 is 1.19 bits per heavy atom. The van der Waals surface area contributed by atoms with Gasteiger partial charge in [-0.15, -0.1) is 0 Å². The van der Waals surface area contributed by atoms with E-state index in [4.69, 9.17) is 0 Å². The predicted octanol–water partition coefficient (Wildman–Crippen LogP) is 2.11. The van der Waals surface area contributed by atoms with E-state index < -0.39 is 0 Å². The molecule has 1 atom stereocenters. The van der Waals surface area contributed by atoms with Crippen molar-refractivity contribution in [1.82, 2.24) is 16.0 Å². The van der Waals surface area contributed by atoms with Crippen LogP contribution in [0.2, 0.25) is 0 Å². The largest absolute Gasteiger partial charge is 0.335 e. The van der Waals surface area contributed by atoms with Crippen LogP contribution in [-0.4, -0.2) is 24.5 Å². The van der Waals surface area contributed by atoms with Gasteiger partial charge < -0.3 is 10.6 Å². The summed E-state index contributed by atoms with van der Waals surface area (Å²) in [5.41, 5.74) is 1.11. The fourth-order valence-corrected chi connectivity index (χ4v) is 2.57. The first kappa shape index (κ1) is 15.5. The lowest BCUT2D eigenvalue weighted by Gasteiger charge is -2.15. The maximum Gasteiger partial charge on any atom is 0.321 e. The number of rotatable bonds is 5. The Morgan fingerprint density at radius 2 is 1.86 bits per heavy atom. The Bertz CT molecular complexity index is 470. The number of hydrogen-bond acceptors (Lipinski definition) is 3. The third-order valence-electron chi connectivity index (χ3n) is 3.81. The van der Waals surface area contributed by atoms with E-state index in [1.54, 1.807) is 0 Å². The van der Waals surface area contributed by atoms with E-state index in [1.165, 1.54) is 0 Å². The van der Waals surface area contributed by atoms with Crippen LogP contribution in [-0.2, 0) is 4.79 Å². The molecular formula is C16H23N3O2. The molecule has 21 heavy (non-hydrogen) atoms. The van der Waals surface area contributed by atoms with Gasteiger partial charge in [0.1, 0.15) is 0 Å². The molecule has 0 bridgehead atoms. The first-order valence-corrected chi connectivity index (χ1v) is 7.54. The average molecular weight is 289 g/mol. The number of carbonyl (C=O) groups is 2. The van der Waals surface area contributed by atoms with Crippen LogP contribution in [0.4, 0.5) is 4.79 Å². The van der Waals surface area contributed by atoms with Crippen LogP contribution in [0.15, 0.2) is 30.3 Å². The van der Waals surface area contributed by atoms with Gasteiger partial charge in [-0.05, 0) is 25.3 Å². The van der Waals surface area contributed by atoms with Gasteiger partial charge in [-0.3, -0.25) is 10.1 Å². The molecule has 0 aliphatic heterocycles. The number of nitrogens with one attached hydrogen (secondary N) is 3. The lowest BCUT2D eigenvalue weighted by atomic mass is 10.1. The average Bonchev–Trinajstić information content (AvgIpc) is 2.98. The topological polar surface area (TPSA) is 70.2 Å². The fraction of sp³-hybridized carbons (Fsp3) is 0.500. The molecule has 0 radical (unpaired) electrons. The SMILES string of the molecule is C[C@@H](NCC(=O)NC(=O)NC1CCCC1)c1ccccc1. The summed E-state index contributed by atoms with van der Waals surface area (Å²) in [4.78, 5) is 23.4. The number of carbonyl (C=O) groups excluding carboxylic acids is 2. The number of benzene rings is 1. The van der Waals surface area contributed by atoms with E-state index in [0.717, 1.165) is 31.2 Å². The molecule has 5 heteroatoms. The summed E-state index contributed by atoms with van der Waals surface area (Å²) in [5.74, 6) is -0.312. The fourth-order valence-electron chi connectivity index (χ4n) is 2.57. The van der Waals surface area contributed by atoms with Crippen molar-refractivity contribution in [2.45, 2.75) is 44.7 Å². The smallest absolute Gasteiger partial charge is 0.321 e. The molecule has 1 aromatic carbocycles. The van der Waals surface area contributed by atoms with E-state index in [-0.39, 0.29) is 30.6 Å². The lowest BCUT2D eigenvalue weighted by molar-refractivity contribution is -0.119. The van der Waals surface area contributed by atoms with Gasteiger partial charge in [-0.2, -0.15) is 0 Å². The molecule has 3 amide bonds. The molecule has 114 valence electrons. The molecule has 1 aliphatic rings. The van der Waals surface area contributed by atoms with Gasteiger partial charge in [-0.1, -0.05) is 43.2 Å². The van der Waals surface area contributed by atoms with Crippen LogP contribution >= 0.6 is 0 Å². The van der Waals surface area contributed by atoms with Gasteiger partial charge in [0.25, 0.3) is 0 Å². The summed E-state index contributed by atoms with van der Waals surface area (Å²) < 4.78 is 0. The van der Waals surface area contributed by atoms with Crippen molar-refractivity contribution in [3.63, 3.8) is 0 Å². The first-order chi connectivity index (χ1) is 10.1. The predicted molar refractivity (Wildman–Crippen MR) is 81.8 cm³/mol. The lowest BCUT2D eigenvalue weighted by Crippen LogP contribution is -2.46. The molecule has 1 aliphatic carbocycles. The summed E-state index contributed by atoms with van der Waals surface area (Å²) in [6.07, 6.45) is 4.31. The highest BCUT2D eigenvalue weighted by Gasteiger charge is 2.18.